The fourth-order valence-electron chi connectivity index (χ4n) is 2.87. The van der Waals surface area contributed by atoms with E-state index in [9.17, 15) is 4.39 Å². The maximum atomic E-state index is 14.1. The van der Waals surface area contributed by atoms with Gasteiger partial charge in [-0.15, -0.1) is 0 Å². The Morgan fingerprint density at radius 2 is 1.70 bits per heavy atom. The summed E-state index contributed by atoms with van der Waals surface area (Å²) in [7, 11) is 0. The van der Waals surface area contributed by atoms with Gasteiger partial charge in [-0.1, -0.05) is 36.4 Å². The number of hydrogen-bond acceptors (Lipinski definition) is 2. The van der Waals surface area contributed by atoms with Gasteiger partial charge in [-0.25, -0.2) is 4.39 Å². The maximum absolute atomic E-state index is 14.1. The number of nitrogens with zero attached hydrogens (tertiary/aromatic N) is 1. The van der Waals surface area contributed by atoms with Gasteiger partial charge in [0.25, 0.3) is 0 Å². The highest BCUT2D eigenvalue weighted by Crippen LogP contribution is 2.31. The molecule has 3 rings (SSSR count). The molecule has 3 heteroatoms. The summed E-state index contributed by atoms with van der Waals surface area (Å²) in [5, 5.41) is 3.40. The third kappa shape index (κ3) is 2.68. The van der Waals surface area contributed by atoms with Gasteiger partial charge in [0.2, 0.25) is 0 Å². The van der Waals surface area contributed by atoms with Crippen LogP contribution in [0.4, 0.5) is 10.1 Å². The van der Waals surface area contributed by atoms with Crippen LogP contribution in [0.3, 0.4) is 0 Å². The van der Waals surface area contributed by atoms with Crippen LogP contribution < -0.4 is 10.2 Å². The lowest BCUT2D eigenvalue weighted by atomic mass is 10.0. The zero-order chi connectivity index (χ0) is 13.8. The summed E-state index contributed by atoms with van der Waals surface area (Å²) in [6, 6.07) is 17.5. The van der Waals surface area contributed by atoms with Crippen molar-refractivity contribution in [1.82, 2.24) is 5.32 Å². The minimum atomic E-state index is -0.111. The first kappa shape index (κ1) is 13.1. The zero-order valence-electron chi connectivity index (χ0n) is 11.4. The lowest BCUT2D eigenvalue weighted by molar-refractivity contribution is 0.550. The molecule has 20 heavy (non-hydrogen) atoms. The molecule has 1 fully saturated rings. The Hall–Kier alpha value is -1.87. The number of nitrogens with one attached hydrogen (secondary N) is 1. The quantitative estimate of drug-likeness (QED) is 0.900. The molecule has 0 amide bonds. The molecule has 2 aromatic carbocycles. The Kier molecular flexibility index (Phi) is 3.97. The first-order valence-electron chi connectivity index (χ1n) is 7.13. The van der Waals surface area contributed by atoms with Crippen LogP contribution in [0.25, 0.3) is 0 Å². The van der Waals surface area contributed by atoms with Crippen LogP contribution in [0.1, 0.15) is 18.0 Å². The number of rotatable bonds is 2. The average molecular weight is 270 g/mol. The Morgan fingerprint density at radius 3 is 2.50 bits per heavy atom. The molecule has 1 N–H and O–H groups in total. The van der Waals surface area contributed by atoms with Crippen LogP contribution in [0.15, 0.2) is 54.6 Å². The molecule has 2 aromatic rings. The van der Waals surface area contributed by atoms with Crippen molar-refractivity contribution in [2.45, 2.75) is 12.5 Å². The van der Waals surface area contributed by atoms with Crippen molar-refractivity contribution in [3.8, 4) is 0 Å². The molecule has 2 nitrogen and oxygen atoms in total. The minimum Gasteiger partial charge on any atom is -0.363 e. The molecule has 0 aromatic heterocycles. The largest absolute Gasteiger partial charge is 0.363 e. The third-order valence-corrected chi connectivity index (χ3v) is 3.85. The van der Waals surface area contributed by atoms with Gasteiger partial charge in [0, 0.05) is 24.3 Å². The Morgan fingerprint density at radius 1 is 0.950 bits per heavy atom. The van der Waals surface area contributed by atoms with Gasteiger partial charge in [0.15, 0.2) is 0 Å². The highest BCUT2D eigenvalue weighted by Gasteiger charge is 2.24. The van der Waals surface area contributed by atoms with Crippen molar-refractivity contribution in [1.29, 1.82) is 0 Å². The van der Waals surface area contributed by atoms with E-state index < -0.39 is 0 Å². The summed E-state index contributed by atoms with van der Waals surface area (Å²) in [5.41, 5.74) is 1.95. The summed E-state index contributed by atoms with van der Waals surface area (Å²) in [6.07, 6.45) is 0.913. The number of para-hydroxylation sites is 1. The summed E-state index contributed by atoms with van der Waals surface area (Å²) >= 11 is 0. The number of hydrogen-bond donors (Lipinski definition) is 1. The van der Waals surface area contributed by atoms with Gasteiger partial charge < -0.3 is 10.2 Å². The minimum absolute atomic E-state index is 0.0913. The molecule has 1 aliphatic heterocycles. The second kappa shape index (κ2) is 6.06. The van der Waals surface area contributed by atoms with Crippen molar-refractivity contribution in [2.75, 3.05) is 24.5 Å². The SMILES string of the molecule is Fc1ccccc1[C@@H]1CCNCCN1c1ccccc1. The molecular weight excluding hydrogens is 251 g/mol. The monoisotopic (exact) mass is 270 g/mol. The molecule has 0 aliphatic carbocycles. The summed E-state index contributed by atoms with van der Waals surface area (Å²) in [6.45, 7) is 2.74. The molecular formula is C17H19FN2. The summed E-state index contributed by atoms with van der Waals surface area (Å²) < 4.78 is 14.1. The number of benzene rings is 2. The zero-order valence-corrected chi connectivity index (χ0v) is 11.4. The van der Waals surface area contributed by atoms with Crippen LogP contribution in [-0.4, -0.2) is 19.6 Å². The molecule has 104 valence electrons. The molecule has 1 saturated heterocycles. The molecule has 1 aliphatic rings. The number of halogens is 1. The second-order valence-electron chi connectivity index (χ2n) is 5.10. The standard InChI is InChI=1S/C17H19FN2/c18-16-9-5-4-8-15(16)17-10-11-19-12-13-20(17)14-6-2-1-3-7-14/h1-9,17,19H,10-13H2/t17-/m0/s1. The van der Waals surface area contributed by atoms with Gasteiger partial charge in [-0.2, -0.15) is 0 Å². The Labute approximate surface area is 119 Å². The van der Waals surface area contributed by atoms with Crippen LogP contribution in [0, 0.1) is 5.82 Å². The van der Waals surface area contributed by atoms with Crippen molar-refractivity contribution in [2.24, 2.45) is 0 Å². The normalized spacial score (nSPS) is 19.6. The fourth-order valence-corrected chi connectivity index (χ4v) is 2.87. The van der Waals surface area contributed by atoms with E-state index in [0.717, 1.165) is 37.3 Å². The van der Waals surface area contributed by atoms with E-state index in [2.05, 4.69) is 22.3 Å². The van der Waals surface area contributed by atoms with E-state index in [0.29, 0.717) is 0 Å². The predicted octanol–water partition coefficient (Wildman–Crippen LogP) is 3.37. The summed E-state index contributed by atoms with van der Waals surface area (Å²) in [4.78, 5) is 2.30. The van der Waals surface area contributed by atoms with Crippen LogP contribution >= 0.6 is 0 Å². The van der Waals surface area contributed by atoms with Crippen LogP contribution in [0.5, 0.6) is 0 Å². The highest BCUT2D eigenvalue weighted by atomic mass is 19.1. The molecule has 0 bridgehead atoms. The van der Waals surface area contributed by atoms with E-state index in [1.54, 1.807) is 12.1 Å². The van der Waals surface area contributed by atoms with Gasteiger partial charge in [0.1, 0.15) is 5.82 Å². The molecule has 0 unspecified atom stereocenters. The number of anilines is 1. The van der Waals surface area contributed by atoms with Gasteiger partial charge >= 0.3 is 0 Å². The lowest BCUT2D eigenvalue weighted by Gasteiger charge is -2.32. The van der Waals surface area contributed by atoms with E-state index in [1.165, 1.54) is 0 Å². The van der Waals surface area contributed by atoms with E-state index in [1.807, 2.05) is 30.3 Å². The lowest BCUT2D eigenvalue weighted by Crippen LogP contribution is -2.31. The van der Waals surface area contributed by atoms with E-state index in [-0.39, 0.29) is 11.9 Å². The fraction of sp³-hybridized carbons (Fsp3) is 0.294. The molecule has 1 heterocycles. The second-order valence-corrected chi connectivity index (χ2v) is 5.10. The molecule has 0 radical (unpaired) electrons. The highest BCUT2D eigenvalue weighted by molar-refractivity contribution is 5.49. The van der Waals surface area contributed by atoms with Gasteiger partial charge in [-0.05, 0) is 31.2 Å². The van der Waals surface area contributed by atoms with Crippen molar-refractivity contribution in [3.05, 3.63) is 66.0 Å². The van der Waals surface area contributed by atoms with Crippen LogP contribution in [0.2, 0.25) is 0 Å². The Balaban J connectivity index is 1.98. The first-order chi connectivity index (χ1) is 9.86. The smallest absolute Gasteiger partial charge is 0.128 e. The van der Waals surface area contributed by atoms with E-state index in [4.69, 9.17) is 0 Å². The van der Waals surface area contributed by atoms with Gasteiger partial charge in [-0.3, -0.25) is 0 Å². The van der Waals surface area contributed by atoms with Crippen molar-refractivity contribution < 1.29 is 4.39 Å². The predicted molar refractivity (Wildman–Crippen MR) is 80.4 cm³/mol. The summed E-state index contributed by atoms with van der Waals surface area (Å²) in [5.74, 6) is -0.111. The molecule has 0 saturated carbocycles. The molecule has 1 atom stereocenters. The molecule has 0 spiro atoms. The third-order valence-electron chi connectivity index (χ3n) is 3.85. The maximum Gasteiger partial charge on any atom is 0.128 e. The first-order valence-corrected chi connectivity index (χ1v) is 7.13. The van der Waals surface area contributed by atoms with Gasteiger partial charge in [0.05, 0.1) is 6.04 Å². The average Bonchev–Trinajstić information content (AvgIpc) is 2.74. The van der Waals surface area contributed by atoms with E-state index >= 15 is 0 Å². The topological polar surface area (TPSA) is 15.3 Å². The Bertz CT molecular complexity index is 556. The van der Waals surface area contributed by atoms with Crippen molar-refractivity contribution in [3.63, 3.8) is 0 Å². The van der Waals surface area contributed by atoms with Crippen molar-refractivity contribution >= 4 is 5.69 Å². The van der Waals surface area contributed by atoms with Crippen LogP contribution in [-0.2, 0) is 0 Å².